The summed E-state index contributed by atoms with van der Waals surface area (Å²) in [7, 11) is 0. The summed E-state index contributed by atoms with van der Waals surface area (Å²) in [5.74, 6) is 1.44. The van der Waals surface area contributed by atoms with Crippen molar-refractivity contribution in [2.45, 2.75) is 40.5 Å². The third kappa shape index (κ3) is 3.46. The molecular formula is C13H20N2. The van der Waals surface area contributed by atoms with Gasteiger partial charge in [0.15, 0.2) is 0 Å². The summed E-state index contributed by atoms with van der Waals surface area (Å²) >= 11 is 0. The molecule has 0 bridgehead atoms. The zero-order valence-corrected chi connectivity index (χ0v) is 10.2. The molecule has 1 heterocycles. The number of allylic oxidation sites excluding steroid dienone is 3. The van der Waals surface area contributed by atoms with Crippen LogP contribution in [0.1, 0.15) is 40.5 Å². The zero-order valence-electron chi connectivity index (χ0n) is 10.2. The molecule has 1 aliphatic rings. The first-order valence-corrected chi connectivity index (χ1v) is 5.51. The van der Waals surface area contributed by atoms with E-state index in [0.29, 0.717) is 5.92 Å². The van der Waals surface area contributed by atoms with Gasteiger partial charge in [0, 0.05) is 17.8 Å². The normalized spacial score (nSPS) is 24.5. The van der Waals surface area contributed by atoms with Gasteiger partial charge in [0.2, 0.25) is 0 Å². The second kappa shape index (κ2) is 5.06. The van der Waals surface area contributed by atoms with Gasteiger partial charge in [0.1, 0.15) is 5.84 Å². The summed E-state index contributed by atoms with van der Waals surface area (Å²) in [5.41, 5.74) is 3.33. The molecule has 0 saturated carbocycles. The molecule has 1 aliphatic heterocycles. The van der Waals surface area contributed by atoms with Crippen LogP contribution in [0.3, 0.4) is 0 Å². The molecular weight excluding hydrogens is 184 g/mol. The van der Waals surface area contributed by atoms with Gasteiger partial charge < -0.3 is 0 Å². The van der Waals surface area contributed by atoms with Gasteiger partial charge in [-0.25, -0.2) is 9.98 Å². The van der Waals surface area contributed by atoms with Crippen LogP contribution < -0.4 is 0 Å². The van der Waals surface area contributed by atoms with Crippen molar-refractivity contribution in [1.29, 1.82) is 0 Å². The fourth-order valence-electron chi connectivity index (χ4n) is 1.52. The number of rotatable bonds is 2. The molecule has 0 saturated heterocycles. The van der Waals surface area contributed by atoms with Crippen molar-refractivity contribution in [3.63, 3.8) is 0 Å². The molecule has 0 aliphatic carbocycles. The van der Waals surface area contributed by atoms with Crippen molar-refractivity contribution in [2.24, 2.45) is 15.9 Å². The molecule has 0 fully saturated rings. The van der Waals surface area contributed by atoms with Gasteiger partial charge in [-0.15, -0.1) is 0 Å². The summed E-state index contributed by atoms with van der Waals surface area (Å²) in [5, 5.41) is 0. The molecule has 0 amide bonds. The second-order valence-electron chi connectivity index (χ2n) is 4.19. The summed E-state index contributed by atoms with van der Waals surface area (Å²) in [6.45, 7) is 12.3. The predicted octanol–water partition coefficient (Wildman–Crippen LogP) is 3.76. The van der Waals surface area contributed by atoms with Gasteiger partial charge in [0.05, 0.1) is 0 Å². The van der Waals surface area contributed by atoms with Crippen LogP contribution in [0.4, 0.5) is 0 Å². The molecule has 1 rings (SSSR count). The molecule has 0 aromatic heterocycles. The Balaban J connectivity index is 2.92. The van der Waals surface area contributed by atoms with E-state index in [1.54, 1.807) is 0 Å². The highest BCUT2D eigenvalue weighted by Crippen LogP contribution is 2.19. The lowest BCUT2D eigenvalue weighted by Crippen LogP contribution is -2.03. The van der Waals surface area contributed by atoms with Crippen molar-refractivity contribution in [1.82, 2.24) is 0 Å². The van der Waals surface area contributed by atoms with E-state index in [1.807, 2.05) is 6.92 Å². The van der Waals surface area contributed by atoms with Crippen molar-refractivity contribution < 1.29 is 0 Å². The Kier molecular flexibility index (Phi) is 4.01. The summed E-state index contributed by atoms with van der Waals surface area (Å²) < 4.78 is 0. The van der Waals surface area contributed by atoms with E-state index >= 15 is 0 Å². The Labute approximate surface area is 92.5 Å². The van der Waals surface area contributed by atoms with Crippen molar-refractivity contribution in [3.05, 3.63) is 23.9 Å². The molecule has 0 aromatic rings. The highest BCUT2D eigenvalue weighted by atomic mass is 14.9. The fourth-order valence-corrected chi connectivity index (χ4v) is 1.52. The van der Waals surface area contributed by atoms with E-state index < -0.39 is 0 Å². The van der Waals surface area contributed by atoms with E-state index in [2.05, 4.69) is 43.4 Å². The first-order valence-electron chi connectivity index (χ1n) is 5.51. The molecule has 82 valence electrons. The Bertz CT molecular complexity index is 346. The number of hydrogen-bond donors (Lipinski definition) is 0. The standard InChI is InChI=1S/C13H20N2/c1-6-11(4)14-13-8-10(3)9(2)7-12(5)15-13/h7,10H,4,6,8H2,1-3,5H3. The minimum Gasteiger partial charge on any atom is -0.239 e. The highest BCUT2D eigenvalue weighted by molar-refractivity contribution is 6.04. The first kappa shape index (κ1) is 11.9. The van der Waals surface area contributed by atoms with E-state index in [4.69, 9.17) is 0 Å². The molecule has 2 nitrogen and oxygen atoms in total. The van der Waals surface area contributed by atoms with Gasteiger partial charge >= 0.3 is 0 Å². The summed E-state index contributed by atoms with van der Waals surface area (Å²) in [6.07, 6.45) is 3.94. The van der Waals surface area contributed by atoms with Crippen LogP contribution >= 0.6 is 0 Å². The van der Waals surface area contributed by atoms with Crippen LogP contribution in [0.2, 0.25) is 0 Å². The topological polar surface area (TPSA) is 24.7 Å². The Morgan fingerprint density at radius 2 is 2.27 bits per heavy atom. The van der Waals surface area contributed by atoms with E-state index in [-0.39, 0.29) is 0 Å². The average molecular weight is 204 g/mol. The van der Waals surface area contributed by atoms with Gasteiger partial charge in [-0.05, 0) is 32.3 Å². The van der Waals surface area contributed by atoms with Gasteiger partial charge in [-0.2, -0.15) is 0 Å². The number of hydrogen-bond acceptors (Lipinski definition) is 1. The number of aliphatic imine (C=N–C) groups is 2. The van der Waals surface area contributed by atoms with Crippen LogP contribution in [0.25, 0.3) is 0 Å². The Morgan fingerprint density at radius 3 is 2.87 bits per heavy atom. The first-order chi connectivity index (χ1) is 7.02. The molecule has 1 unspecified atom stereocenters. The average Bonchev–Trinajstić information content (AvgIpc) is 2.26. The molecule has 0 spiro atoms. The van der Waals surface area contributed by atoms with Crippen LogP contribution in [-0.2, 0) is 0 Å². The lowest BCUT2D eigenvalue weighted by Gasteiger charge is -2.08. The maximum Gasteiger partial charge on any atom is 0.129 e. The third-order valence-electron chi connectivity index (χ3n) is 2.70. The lowest BCUT2D eigenvalue weighted by atomic mass is 9.99. The number of nitrogens with zero attached hydrogens (tertiary/aromatic N) is 2. The predicted molar refractivity (Wildman–Crippen MR) is 67.5 cm³/mol. The monoisotopic (exact) mass is 204 g/mol. The van der Waals surface area contributed by atoms with Crippen LogP contribution in [0.5, 0.6) is 0 Å². The molecule has 2 heteroatoms. The minimum absolute atomic E-state index is 0.523. The van der Waals surface area contributed by atoms with Crippen molar-refractivity contribution >= 4 is 11.5 Å². The smallest absolute Gasteiger partial charge is 0.129 e. The van der Waals surface area contributed by atoms with E-state index in [0.717, 1.165) is 30.1 Å². The van der Waals surface area contributed by atoms with E-state index in [9.17, 15) is 0 Å². The second-order valence-corrected chi connectivity index (χ2v) is 4.19. The SMILES string of the molecule is C=C(CC)N=C1CC(C)C(C)=CC(C)=N1. The quantitative estimate of drug-likeness (QED) is 0.654. The van der Waals surface area contributed by atoms with Crippen molar-refractivity contribution in [2.75, 3.05) is 0 Å². The molecule has 0 radical (unpaired) electrons. The summed E-state index contributed by atoms with van der Waals surface area (Å²) in [6, 6.07) is 0. The van der Waals surface area contributed by atoms with E-state index in [1.165, 1.54) is 5.57 Å². The molecule has 0 aromatic carbocycles. The number of amidine groups is 1. The maximum atomic E-state index is 4.49. The molecule has 1 atom stereocenters. The molecule has 0 N–H and O–H groups in total. The van der Waals surface area contributed by atoms with Crippen LogP contribution in [0.15, 0.2) is 33.9 Å². The van der Waals surface area contributed by atoms with Gasteiger partial charge in [-0.1, -0.05) is 26.0 Å². The summed E-state index contributed by atoms with van der Waals surface area (Å²) in [4.78, 5) is 8.95. The third-order valence-corrected chi connectivity index (χ3v) is 2.70. The highest BCUT2D eigenvalue weighted by Gasteiger charge is 2.12. The molecule has 15 heavy (non-hydrogen) atoms. The van der Waals surface area contributed by atoms with Crippen molar-refractivity contribution in [3.8, 4) is 0 Å². The minimum atomic E-state index is 0.523. The van der Waals surface area contributed by atoms with Crippen LogP contribution in [-0.4, -0.2) is 11.5 Å². The van der Waals surface area contributed by atoms with Gasteiger partial charge in [0.25, 0.3) is 0 Å². The maximum absolute atomic E-state index is 4.49. The Morgan fingerprint density at radius 1 is 1.60 bits per heavy atom. The lowest BCUT2D eigenvalue weighted by molar-refractivity contribution is 0.715. The van der Waals surface area contributed by atoms with Gasteiger partial charge in [-0.3, -0.25) is 0 Å². The zero-order chi connectivity index (χ0) is 11.4. The largest absolute Gasteiger partial charge is 0.239 e. The Hall–Kier alpha value is -1.18. The fraction of sp³-hybridized carbons (Fsp3) is 0.538. The van der Waals surface area contributed by atoms with Crippen LogP contribution in [0, 0.1) is 5.92 Å².